The van der Waals surface area contributed by atoms with Crippen LogP contribution in [0.25, 0.3) is 0 Å². The number of ether oxygens (including phenoxy) is 1. The lowest BCUT2D eigenvalue weighted by atomic mass is 9.75. The number of carbonyl (C=O) groups excluding carboxylic acids is 1. The summed E-state index contributed by atoms with van der Waals surface area (Å²) < 4.78 is 5.91. The quantitative estimate of drug-likeness (QED) is 0.841. The van der Waals surface area contributed by atoms with Gasteiger partial charge < -0.3 is 4.74 Å². The maximum Gasteiger partial charge on any atom is 0.256 e. The molecular weight excluding hydrogens is 306 g/mol. The zero-order valence-electron chi connectivity index (χ0n) is 14.2. The molecule has 1 aromatic rings. The lowest BCUT2D eigenvalue weighted by molar-refractivity contribution is -0.187. The van der Waals surface area contributed by atoms with Gasteiger partial charge in [0.2, 0.25) is 0 Å². The average molecular weight is 331 g/mol. The van der Waals surface area contributed by atoms with E-state index in [0.717, 1.165) is 50.3 Å². The van der Waals surface area contributed by atoms with Crippen LogP contribution in [-0.4, -0.2) is 59.8 Å². The minimum atomic E-state index is -0.452. The Morgan fingerprint density at radius 1 is 1.38 bits per heavy atom. The van der Waals surface area contributed by atoms with Crippen molar-refractivity contribution >= 4 is 5.91 Å². The van der Waals surface area contributed by atoms with Crippen LogP contribution in [0.15, 0.2) is 18.2 Å². The highest BCUT2D eigenvalue weighted by Crippen LogP contribution is 2.43. The first kappa shape index (κ1) is 16.0. The van der Waals surface area contributed by atoms with Gasteiger partial charge in [-0.15, -0.1) is 0 Å². The molecule has 24 heavy (non-hydrogen) atoms. The molecule has 3 fully saturated rings. The van der Waals surface area contributed by atoms with E-state index in [9.17, 15) is 4.79 Å². The van der Waals surface area contributed by atoms with E-state index in [4.69, 9.17) is 9.57 Å². The second-order valence-electron chi connectivity index (χ2n) is 7.13. The Morgan fingerprint density at radius 2 is 2.29 bits per heavy atom. The van der Waals surface area contributed by atoms with E-state index in [2.05, 4.69) is 16.0 Å². The van der Waals surface area contributed by atoms with Gasteiger partial charge in [0.1, 0.15) is 0 Å². The molecule has 4 rings (SSSR count). The molecule has 3 saturated heterocycles. The van der Waals surface area contributed by atoms with Crippen LogP contribution in [0.4, 0.5) is 0 Å². The molecule has 0 spiro atoms. The van der Waals surface area contributed by atoms with Gasteiger partial charge in [0.15, 0.2) is 0 Å². The summed E-state index contributed by atoms with van der Waals surface area (Å²) in [6.45, 7) is 6.47. The largest absolute Gasteiger partial charge is 0.377 e. The van der Waals surface area contributed by atoms with Crippen molar-refractivity contribution < 1.29 is 14.4 Å². The number of hydrogen-bond donors (Lipinski definition) is 0. The minimum absolute atomic E-state index is 0.0240. The van der Waals surface area contributed by atoms with Crippen molar-refractivity contribution in [3.8, 4) is 0 Å². The van der Waals surface area contributed by atoms with Gasteiger partial charge >= 0.3 is 0 Å². The van der Waals surface area contributed by atoms with Gasteiger partial charge in [-0.2, -0.15) is 0 Å². The van der Waals surface area contributed by atoms with E-state index in [0.29, 0.717) is 19.8 Å². The van der Waals surface area contributed by atoms with Crippen LogP contribution >= 0.6 is 0 Å². The van der Waals surface area contributed by atoms with Crippen LogP contribution in [0.1, 0.15) is 30.7 Å². The number of hydroxylamine groups is 2. The zero-order chi connectivity index (χ0) is 16.6. The number of hydrogen-bond acceptors (Lipinski definition) is 5. The van der Waals surface area contributed by atoms with E-state index in [-0.39, 0.29) is 12.0 Å². The van der Waals surface area contributed by atoms with Crippen molar-refractivity contribution in [2.24, 2.45) is 5.41 Å². The van der Waals surface area contributed by atoms with E-state index < -0.39 is 5.41 Å². The highest BCUT2D eigenvalue weighted by molar-refractivity contribution is 5.83. The second kappa shape index (κ2) is 6.43. The molecule has 3 aliphatic rings. The molecule has 3 aliphatic heterocycles. The topological polar surface area (TPSA) is 54.9 Å². The molecule has 0 aliphatic carbocycles. The lowest BCUT2D eigenvalue weighted by Crippen LogP contribution is -2.57. The van der Waals surface area contributed by atoms with Gasteiger partial charge in [-0.05, 0) is 38.3 Å². The predicted molar refractivity (Wildman–Crippen MR) is 87.9 cm³/mol. The maximum absolute atomic E-state index is 13.1. The third kappa shape index (κ3) is 2.83. The van der Waals surface area contributed by atoms with Gasteiger partial charge in [0.05, 0.1) is 30.4 Å². The molecule has 4 heterocycles. The molecule has 0 saturated carbocycles. The Morgan fingerprint density at radius 3 is 3.08 bits per heavy atom. The number of aromatic nitrogens is 1. The van der Waals surface area contributed by atoms with Crippen molar-refractivity contribution in [3.05, 3.63) is 29.6 Å². The standard InChI is InChI=1S/C18H25N3O3/c1-14-4-2-5-15(19-14)12-20-9-6-16-18(13-20,7-11-23-16)17(22)21-8-3-10-24-21/h2,4-5,16H,3,6-13H2,1H3/t16-,18-/m1/s1. The summed E-state index contributed by atoms with van der Waals surface area (Å²) in [4.78, 5) is 25.6. The SMILES string of the molecule is Cc1cccc(CN2CC[C@H]3OCC[C@@]3(C(=O)N3CCCO3)C2)n1. The zero-order valence-corrected chi connectivity index (χ0v) is 14.2. The van der Waals surface area contributed by atoms with E-state index >= 15 is 0 Å². The molecule has 1 aromatic heterocycles. The minimum Gasteiger partial charge on any atom is -0.377 e. The Kier molecular flexibility index (Phi) is 4.28. The molecule has 0 aromatic carbocycles. The van der Waals surface area contributed by atoms with Crippen molar-refractivity contribution in [1.82, 2.24) is 14.9 Å². The summed E-state index contributed by atoms with van der Waals surface area (Å²) in [5, 5.41) is 1.58. The van der Waals surface area contributed by atoms with Crippen molar-refractivity contribution in [2.45, 2.75) is 38.8 Å². The number of rotatable bonds is 3. The molecule has 6 nitrogen and oxygen atoms in total. The Balaban J connectivity index is 1.52. The van der Waals surface area contributed by atoms with Gasteiger partial charge in [0, 0.05) is 31.9 Å². The van der Waals surface area contributed by atoms with Crippen LogP contribution in [-0.2, 0) is 20.9 Å². The van der Waals surface area contributed by atoms with E-state index in [1.54, 1.807) is 5.06 Å². The number of likely N-dealkylation sites (tertiary alicyclic amines) is 1. The average Bonchev–Trinajstić information content (AvgIpc) is 3.24. The first-order chi connectivity index (χ1) is 11.7. The maximum atomic E-state index is 13.1. The van der Waals surface area contributed by atoms with Crippen LogP contribution in [0.3, 0.4) is 0 Å². The summed E-state index contributed by atoms with van der Waals surface area (Å²) in [7, 11) is 0. The van der Waals surface area contributed by atoms with Crippen molar-refractivity contribution in [1.29, 1.82) is 0 Å². The van der Waals surface area contributed by atoms with Crippen molar-refractivity contribution in [2.75, 3.05) is 32.8 Å². The summed E-state index contributed by atoms with van der Waals surface area (Å²) in [6, 6.07) is 6.11. The molecule has 0 radical (unpaired) electrons. The summed E-state index contributed by atoms with van der Waals surface area (Å²) in [6.07, 6.45) is 2.62. The number of nitrogens with zero attached hydrogens (tertiary/aromatic N) is 3. The number of aryl methyl sites for hydroxylation is 1. The van der Waals surface area contributed by atoms with Gasteiger partial charge in [-0.3, -0.25) is 19.5 Å². The van der Waals surface area contributed by atoms with Gasteiger partial charge in [-0.25, -0.2) is 5.06 Å². The van der Waals surface area contributed by atoms with E-state index in [1.807, 2.05) is 19.1 Å². The normalized spacial score (nSPS) is 30.5. The number of piperidine rings is 1. The number of fused-ring (bicyclic) bond motifs is 1. The number of carbonyl (C=O) groups is 1. The lowest BCUT2D eigenvalue weighted by Gasteiger charge is -2.43. The Hall–Kier alpha value is -1.50. The Labute approximate surface area is 142 Å². The van der Waals surface area contributed by atoms with E-state index in [1.165, 1.54) is 0 Å². The first-order valence-corrected chi connectivity index (χ1v) is 8.89. The molecule has 1 amide bonds. The number of amides is 1. The highest BCUT2D eigenvalue weighted by Gasteiger charge is 2.55. The smallest absolute Gasteiger partial charge is 0.256 e. The summed E-state index contributed by atoms with van der Waals surface area (Å²) in [5.41, 5.74) is 1.64. The van der Waals surface area contributed by atoms with Crippen LogP contribution < -0.4 is 0 Å². The fourth-order valence-corrected chi connectivity index (χ4v) is 4.24. The molecular formula is C18H25N3O3. The second-order valence-corrected chi connectivity index (χ2v) is 7.13. The fraction of sp³-hybridized carbons (Fsp3) is 0.667. The molecule has 0 N–H and O–H groups in total. The summed E-state index contributed by atoms with van der Waals surface area (Å²) >= 11 is 0. The third-order valence-electron chi connectivity index (χ3n) is 5.43. The van der Waals surface area contributed by atoms with Crippen LogP contribution in [0.5, 0.6) is 0 Å². The summed E-state index contributed by atoms with van der Waals surface area (Å²) in [5.74, 6) is 0.115. The third-order valence-corrected chi connectivity index (χ3v) is 5.43. The first-order valence-electron chi connectivity index (χ1n) is 8.89. The molecule has 2 atom stereocenters. The molecule has 6 heteroatoms. The van der Waals surface area contributed by atoms with Crippen LogP contribution in [0.2, 0.25) is 0 Å². The van der Waals surface area contributed by atoms with Gasteiger partial charge in [0.25, 0.3) is 5.91 Å². The van der Waals surface area contributed by atoms with Gasteiger partial charge in [-0.1, -0.05) is 6.07 Å². The molecule has 130 valence electrons. The molecule has 0 unspecified atom stereocenters. The van der Waals surface area contributed by atoms with Crippen LogP contribution in [0, 0.1) is 12.3 Å². The monoisotopic (exact) mass is 331 g/mol. The molecule has 0 bridgehead atoms. The number of pyridine rings is 1. The van der Waals surface area contributed by atoms with Crippen molar-refractivity contribution in [3.63, 3.8) is 0 Å². The highest BCUT2D eigenvalue weighted by atomic mass is 16.7. The Bertz CT molecular complexity index is 617. The predicted octanol–water partition coefficient (Wildman–Crippen LogP) is 1.53. The fourth-order valence-electron chi connectivity index (χ4n) is 4.24.